The lowest BCUT2D eigenvalue weighted by molar-refractivity contribution is -0.128. The number of carbonyl (C=O) groups is 1. The van der Waals surface area contributed by atoms with Gasteiger partial charge in [0, 0.05) is 5.54 Å². The summed E-state index contributed by atoms with van der Waals surface area (Å²) in [7, 11) is 0. The predicted molar refractivity (Wildman–Crippen MR) is 71.9 cm³/mol. The standard InChI is InChI=1S/C15H26N2O/c1-2-3-13(16)14(18)17-15-7-10-4-11(8-15)6-12(5-10)9-15/h10-13H,2-9,16H2,1H3,(H,17,18)/t10?,11?,12?,13-,15?/m0/s1. The van der Waals surface area contributed by atoms with Crippen molar-refractivity contribution in [1.82, 2.24) is 5.32 Å². The smallest absolute Gasteiger partial charge is 0.237 e. The van der Waals surface area contributed by atoms with Crippen molar-refractivity contribution in [3.05, 3.63) is 0 Å². The Bertz CT molecular complexity index is 304. The van der Waals surface area contributed by atoms with Gasteiger partial charge in [0.1, 0.15) is 0 Å². The molecular formula is C15H26N2O. The van der Waals surface area contributed by atoms with E-state index in [-0.39, 0.29) is 17.5 Å². The Morgan fingerprint density at radius 1 is 1.22 bits per heavy atom. The van der Waals surface area contributed by atoms with Crippen LogP contribution in [-0.2, 0) is 4.79 Å². The molecule has 0 aromatic heterocycles. The van der Waals surface area contributed by atoms with Gasteiger partial charge in [0.2, 0.25) is 5.91 Å². The van der Waals surface area contributed by atoms with Gasteiger partial charge in [-0.1, -0.05) is 13.3 Å². The lowest BCUT2D eigenvalue weighted by atomic mass is 9.53. The second kappa shape index (κ2) is 4.52. The number of nitrogens with two attached hydrogens (primary N) is 1. The summed E-state index contributed by atoms with van der Waals surface area (Å²) in [5.41, 5.74) is 6.07. The highest BCUT2D eigenvalue weighted by molar-refractivity contribution is 5.82. The van der Waals surface area contributed by atoms with E-state index >= 15 is 0 Å². The van der Waals surface area contributed by atoms with Crippen LogP contribution in [0.2, 0.25) is 0 Å². The molecule has 3 heteroatoms. The van der Waals surface area contributed by atoms with Crippen LogP contribution in [0.3, 0.4) is 0 Å². The normalized spacial score (nSPS) is 42.9. The van der Waals surface area contributed by atoms with Crippen molar-refractivity contribution in [3.8, 4) is 0 Å². The van der Waals surface area contributed by atoms with E-state index in [4.69, 9.17) is 5.73 Å². The maximum Gasteiger partial charge on any atom is 0.237 e. The summed E-state index contributed by atoms with van der Waals surface area (Å²) in [5, 5.41) is 3.35. The summed E-state index contributed by atoms with van der Waals surface area (Å²) in [6, 6.07) is -0.303. The molecule has 1 amide bonds. The van der Waals surface area contributed by atoms with Gasteiger partial charge in [-0.05, 0) is 62.7 Å². The molecule has 18 heavy (non-hydrogen) atoms. The van der Waals surface area contributed by atoms with Gasteiger partial charge in [-0.25, -0.2) is 0 Å². The zero-order chi connectivity index (χ0) is 12.8. The van der Waals surface area contributed by atoms with Crippen molar-refractivity contribution in [3.63, 3.8) is 0 Å². The van der Waals surface area contributed by atoms with E-state index in [1.54, 1.807) is 0 Å². The monoisotopic (exact) mass is 250 g/mol. The van der Waals surface area contributed by atoms with Crippen molar-refractivity contribution < 1.29 is 4.79 Å². The number of amides is 1. The van der Waals surface area contributed by atoms with Crippen molar-refractivity contribution in [2.45, 2.75) is 69.9 Å². The molecule has 4 rings (SSSR count). The Balaban J connectivity index is 1.67. The fourth-order valence-electron chi connectivity index (χ4n) is 5.06. The van der Waals surface area contributed by atoms with Gasteiger partial charge in [0.05, 0.1) is 6.04 Å². The Hall–Kier alpha value is -0.570. The first-order valence-electron chi connectivity index (χ1n) is 7.68. The van der Waals surface area contributed by atoms with Gasteiger partial charge >= 0.3 is 0 Å². The molecule has 4 saturated carbocycles. The first-order chi connectivity index (χ1) is 8.60. The minimum absolute atomic E-state index is 0.0961. The van der Waals surface area contributed by atoms with Crippen LogP contribution in [0.25, 0.3) is 0 Å². The zero-order valence-corrected chi connectivity index (χ0v) is 11.5. The molecule has 102 valence electrons. The topological polar surface area (TPSA) is 55.1 Å². The number of hydrogen-bond acceptors (Lipinski definition) is 2. The van der Waals surface area contributed by atoms with E-state index in [1.165, 1.54) is 38.5 Å². The third kappa shape index (κ3) is 2.18. The van der Waals surface area contributed by atoms with Crippen LogP contribution in [0.5, 0.6) is 0 Å². The van der Waals surface area contributed by atoms with Crippen LogP contribution in [0.4, 0.5) is 0 Å². The highest BCUT2D eigenvalue weighted by Crippen LogP contribution is 2.55. The molecule has 3 N–H and O–H groups in total. The van der Waals surface area contributed by atoms with Gasteiger partial charge in [-0.2, -0.15) is 0 Å². The van der Waals surface area contributed by atoms with E-state index in [0.29, 0.717) is 0 Å². The maximum atomic E-state index is 12.2. The lowest BCUT2D eigenvalue weighted by Gasteiger charge is -2.57. The lowest BCUT2D eigenvalue weighted by Crippen LogP contribution is -2.62. The number of hydrogen-bond donors (Lipinski definition) is 2. The summed E-state index contributed by atoms with van der Waals surface area (Å²) >= 11 is 0. The van der Waals surface area contributed by atoms with Crippen LogP contribution in [0.15, 0.2) is 0 Å². The fraction of sp³-hybridized carbons (Fsp3) is 0.933. The number of nitrogens with one attached hydrogen (secondary N) is 1. The van der Waals surface area contributed by atoms with Crippen LogP contribution in [0.1, 0.15) is 58.3 Å². The quantitative estimate of drug-likeness (QED) is 0.803. The molecular weight excluding hydrogens is 224 g/mol. The SMILES string of the molecule is CCC[C@H](N)C(=O)NC12CC3CC(CC(C3)C1)C2. The fourth-order valence-corrected chi connectivity index (χ4v) is 5.06. The summed E-state index contributed by atoms with van der Waals surface area (Å²) in [5.74, 6) is 2.72. The highest BCUT2D eigenvalue weighted by Gasteiger charge is 2.51. The van der Waals surface area contributed by atoms with E-state index in [1.807, 2.05) is 0 Å². The van der Waals surface area contributed by atoms with Crippen LogP contribution >= 0.6 is 0 Å². The van der Waals surface area contributed by atoms with E-state index in [9.17, 15) is 4.79 Å². The summed E-state index contributed by atoms with van der Waals surface area (Å²) in [4.78, 5) is 12.2. The van der Waals surface area contributed by atoms with Crippen molar-refractivity contribution in [2.24, 2.45) is 23.5 Å². The third-order valence-electron chi connectivity index (χ3n) is 5.36. The van der Waals surface area contributed by atoms with Gasteiger partial charge in [0.25, 0.3) is 0 Å². The van der Waals surface area contributed by atoms with Crippen LogP contribution < -0.4 is 11.1 Å². The predicted octanol–water partition coefficient (Wildman–Crippen LogP) is 2.20. The Kier molecular flexibility index (Phi) is 3.13. The third-order valence-corrected chi connectivity index (χ3v) is 5.36. The molecule has 4 aliphatic carbocycles. The molecule has 3 nitrogen and oxygen atoms in total. The largest absolute Gasteiger partial charge is 0.349 e. The molecule has 0 aromatic carbocycles. The molecule has 0 aromatic rings. The van der Waals surface area contributed by atoms with Crippen molar-refractivity contribution in [2.75, 3.05) is 0 Å². The molecule has 0 unspecified atom stereocenters. The van der Waals surface area contributed by atoms with Crippen LogP contribution in [0, 0.1) is 17.8 Å². The summed E-state index contributed by atoms with van der Waals surface area (Å²) in [6.07, 6.45) is 9.66. The molecule has 4 bridgehead atoms. The molecule has 1 atom stereocenters. The molecule has 0 radical (unpaired) electrons. The first-order valence-corrected chi connectivity index (χ1v) is 7.68. The minimum Gasteiger partial charge on any atom is -0.349 e. The minimum atomic E-state index is -0.303. The Labute approximate surface area is 110 Å². The van der Waals surface area contributed by atoms with Gasteiger partial charge in [-0.3, -0.25) is 4.79 Å². The molecule has 4 fully saturated rings. The average Bonchev–Trinajstić information content (AvgIpc) is 2.26. The maximum absolute atomic E-state index is 12.2. The summed E-state index contributed by atoms with van der Waals surface area (Å²) in [6.45, 7) is 2.08. The summed E-state index contributed by atoms with van der Waals surface area (Å²) < 4.78 is 0. The molecule has 0 heterocycles. The van der Waals surface area contributed by atoms with E-state index in [0.717, 1.165) is 30.6 Å². The molecule has 0 spiro atoms. The first kappa shape index (κ1) is 12.5. The van der Waals surface area contributed by atoms with Crippen molar-refractivity contribution in [1.29, 1.82) is 0 Å². The van der Waals surface area contributed by atoms with Gasteiger partial charge in [0.15, 0.2) is 0 Å². The molecule has 0 aliphatic heterocycles. The van der Waals surface area contributed by atoms with Crippen LogP contribution in [-0.4, -0.2) is 17.5 Å². The second-order valence-corrected chi connectivity index (χ2v) is 7.08. The molecule has 0 saturated heterocycles. The Morgan fingerprint density at radius 3 is 2.17 bits per heavy atom. The highest BCUT2D eigenvalue weighted by atomic mass is 16.2. The van der Waals surface area contributed by atoms with E-state index < -0.39 is 0 Å². The van der Waals surface area contributed by atoms with Gasteiger partial charge < -0.3 is 11.1 Å². The second-order valence-electron chi connectivity index (χ2n) is 7.08. The molecule has 4 aliphatic rings. The Morgan fingerprint density at radius 2 is 1.72 bits per heavy atom. The number of carbonyl (C=O) groups excluding carboxylic acids is 1. The van der Waals surface area contributed by atoms with Gasteiger partial charge in [-0.15, -0.1) is 0 Å². The van der Waals surface area contributed by atoms with Crippen molar-refractivity contribution >= 4 is 5.91 Å². The zero-order valence-electron chi connectivity index (χ0n) is 11.5. The number of rotatable bonds is 4. The average molecular weight is 250 g/mol. The van der Waals surface area contributed by atoms with E-state index in [2.05, 4.69) is 12.2 Å².